The van der Waals surface area contributed by atoms with Gasteiger partial charge in [0.2, 0.25) is 5.95 Å². The molecule has 0 atom stereocenters. The molecule has 1 heterocycles. The van der Waals surface area contributed by atoms with E-state index in [-0.39, 0.29) is 0 Å². The van der Waals surface area contributed by atoms with Gasteiger partial charge in [-0.05, 0) is 12.8 Å². The SMILES string of the molecule is CNc1nc(N)nc(C)c1C(C)C. The lowest BCUT2D eigenvalue weighted by molar-refractivity contribution is 0.834. The van der Waals surface area contributed by atoms with Crippen LogP contribution in [-0.4, -0.2) is 17.0 Å². The number of aromatic nitrogens is 2. The fraction of sp³-hybridized carbons (Fsp3) is 0.556. The molecule has 0 aliphatic carbocycles. The molecular formula is C9H16N4. The summed E-state index contributed by atoms with van der Waals surface area (Å²) in [7, 11) is 1.84. The molecule has 0 saturated carbocycles. The zero-order chi connectivity index (χ0) is 10.0. The van der Waals surface area contributed by atoms with Gasteiger partial charge in [-0.2, -0.15) is 4.98 Å². The molecule has 0 unspecified atom stereocenters. The third kappa shape index (κ3) is 1.88. The molecule has 0 amide bonds. The Morgan fingerprint density at radius 2 is 1.92 bits per heavy atom. The van der Waals surface area contributed by atoms with Crippen LogP contribution >= 0.6 is 0 Å². The third-order valence-corrected chi connectivity index (χ3v) is 1.97. The van der Waals surface area contributed by atoms with Crippen LogP contribution in [0.5, 0.6) is 0 Å². The van der Waals surface area contributed by atoms with Gasteiger partial charge >= 0.3 is 0 Å². The number of nitrogens with one attached hydrogen (secondary N) is 1. The number of hydrogen-bond donors (Lipinski definition) is 2. The molecule has 0 aromatic carbocycles. The lowest BCUT2D eigenvalue weighted by atomic mass is 10.0. The predicted molar refractivity (Wildman–Crippen MR) is 54.8 cm³/mol. The van der Waals surface area contributed by atoms with E-state index in [1.165, 1.54) is 0 Å². The molecule has 1 aromatic heterocycles. The molecule has 1 aromatic rings. The Hall–Kier alpha value is -1.32. The molecule has 4 heteroatoms. The van der Waals surface area contributed by atoms with Crippen molar-refractivity contribution in [2.24, 2.45) is 0 Å². The summed E-state index contributed by atoms with van der Waals surface area (Å²) in [6.07, 6.45) is 0. The Labute approximate surface area is 78.6 Å². The Balaban J connectivity index is 3.30. The summed E-state index contributed by atoms with van der Waals surface area (Å²) in [4.78, 5) is 8.26. The molecule has 0 aliphatic rings. The fourth-order valence-corrected chi connectivity index (χ4v) is 1.48. The molecule has 0 radical (unpaired) electrons. The largest absolute Gasteiger partial charge is 0.373 e. The Morgan fingerprint density at radius 3 is 2.38 bits per heavy atom. The summed E-state index contributed by atoms with van der Waals surface area (Å²) in [5.74, 6) is 1.56. The van der Waals surface area contributed by atoms with Gasteiger partial charge in [-0.3, -0.25) is 0 Å². The van der Waals surface area contributed by atoms with Crippen LogP contribution in [0.3, 0.4) is 0 Å². The number of nitrogens with two attached hydrogens (primary N) is 1. The first kappa shape index (κ1) is 9.77. The summed E-state index contributed by atoms with van der Waals surface area (Å²) < 4.78 is 0. The van der Waals surface area contributed by atoms with Crippen molar-refractivity contribution in [2.75, 3.05) is 18.1 Å². The lowest BCUT2D eigenvalue weighted by Gasteiger charge is -2.13. The first-order valence-electron chi connectivity index (χ1n) is 4.38. The zero-order valence-corrected chi connectivity index (χ0v) is 8.55. The van der Waals surface area contributed by atoms with E-state index in [4.69, 9.17) is 5.73 Å². The van der Waals surface area contributed by atoms with Gasteiger partial charge in [-0.15, -0.1) is 0 Å². The Kier molecular flexibility index (Phi) is 2.70. The fourth-order valence-electron chi connectivity index (χ4n) is 1.48. The monoisotopic (exact) mass is 180 g/mol. The van der Waals surface area contributed by atoms with Crippen molar-refractivity contribution in [1.29, 1.82) is 0 Å². The van der Waals surface area contributed by atoms with Crippen molar-refractivity contribution in [2.45, 2.75) is 26.7 Å². The quantitative estimate of drug-likeness (QED) is 0.724. The molecule has 0 bridgehead atoms. The van der Waals surface area contributed by atoms with Gasteiger partial charge in [-0.25, -0.2) is 4.98 Å². The van der Waals surface area contributed by atoms with Gasteiger partial charge in [0.1, 0.15) is 5.82 Å². The van der Waals surface area contributed by atoms with Crippen LogP contribution in [0.1, 0.15) is 31.0 Å². The second-order valence-electron chi connectivity index (χ2n) is 3.33. The Morgan fingerprint density at radius 1 is 1.31 bits per heavy atom. The number of rotatable bonds is 2. The van der Waals surface area contributed by atoms with Crippen molar-refractivity contribution >= 4 is 11.8 Å². The van der Waals surface area contributed by atoms with E-state index in [1.807, 2.05) is 14.0 Å². The second-order valence-corrected chi connectivity index (χ2v) is 3.33. The number of aryl methyl sites for hydroxylation is 1. The van der Waals surface area contributed by atoms with Crippen molar-refractivity contribution in [1.82, 2.24) is 9.97 Å². The molecule has 0 spiro atoms. The number of nitrogens with zero attached hydrogens (tertiary/aromatic N) is 2. The molecule has 0 saturated heterocycles. The maximum absolute atomic E-state index is 5.54. The lowest BCUT2D eigenvalue weighted by Crippen LogP contribution is -2.08. The van der Waals surface area contributed by atoms with E-state index in [0.29, 0.717) is 11.9 Å². The van der Waals surface area contributed by atoms with Crippen molar-refractivity contribution in [3.8, 4) is 0 Å². The summed E-state index contributed by atoms with van der Waals surface area (Å²) in [6, 6.07) is 0. The van der Waals surface area contributed by atoms with Gasteiger partial charge in [0.25, 0.3) is 0 Å². The minimum Gasteiger partial charge on any atom is -0.373 e. The van der Waals surface area contributed by atoms with Gasteiger partial charge in [0.05, 0.1) is 0 Å². The van der Waals surface area contributed by atoms with Crippen molar-refractivity contribution < 1.29 is 0 Å². The van der Waals surface area contributed by atoms with Crippen LogP contribution in [0.4, 0.5) is 11.8 Å². The third-order valence-electron chi connectivity index (χ3n) is 1.97. The molecule has 0 aliphatic heterocycles. The predicted octanol–water partition coefficient (Wildman–Crippen LogP) is 1.53. The smallest absolute Gasteiger partial charge is 0.222 e. The highest BCUT2D eigenvalue weighted by Gasteiger charge is 2.12. The average molecular weight is 180 g/mol. The number of anilines is 2. The minimum absolute atomic E-state index is 0.325. The van der Waals surface area contributed by atoms with Crippen molar-refractivity contribution in [3.63, 3.8) is 0 Å². The van der Waals surface area contributed by atoms with Crippen LogP contribution in [0.2, 0.25) is 0 Å². The van der Waals surface area contributed by atoms with Crippen LogP contribution < -0.4 is 11.1 Å². The molecule has 3 N–H and O–H groups in total. The van der Waals surface area contributed by atoms with Crippen LogP contribution in [0.15, 0.2) is 0 Å². The number of nitrogen functional groups attached to an aromatic ring is 1. The standard InChI is InChI=1S/C9H16N4/c1-5(2)7-6(3)12-9(10)13-8(7)11-4/h5H,1-4H3,(H3,10,11,12,13). The second kappa shape index (κ2) is 3.60. The van der Waals surface area contributed by atoms with E-state index in [2.05, 4.69) is 29.1 Å². The van der Waals surface area contributed by atoms with E-state index in [1.54, 1.807) is 0 Å². The molecule has 13 heavy (non-hydrogen) atoms. The van der Waals surface area contributed by atoms with Crippen LogP contribution in [0.25, 0.3) is 0 Å². The maximum Gasteiger partial charge on any atom is 0.222 e. The first-order chi connectivity index (χ1) is 6.06. The highest BCUT2D eigenvalue weighted by Crippen LogP contribution is 2.24. The van der Waals surface area contributed by atoms with Crippen LogP contribution in [0, 0.1) is 6.92 Å². The molecule has 4 nitrogen and oxygen atoms in total. The molecular weight excluding hydrogens is 164 g/mol. The molecule has 0 fully saturated rings. The van der Waals surface area contributed by atoms with Gasteiger partial charge in [0.15, 0.2) is 0 Å². The van der Waals surface area contributed by atoms with E-state index < -0.39 is 0 Å². The first-order valence-corrected chi connectivity index (χ1v) is 4.38. The maximum atomic E-state index is 5.54. The highest BCUT2D eigenvalue weighted by atomic mass is 15.1. The Bertz CT molecular complexity index is 307. The zero-order valence-electron chi connectivity index (χ0n) is 8.55. The highest BCUT2D eigenvalue weighted by molar-refractivity contribution is 5.50. The van der Waals surface area contributed by atoms with Gasteiger partial charge < -0.3 is 11.1 Å². The number of hydrogen-bond acceptors (Lipinski definition) is 4. The summed E-state index contributed by atoms with van der Waals surface area (Å²) in [5.41, 5.74) is 7.63. The minimum atomic E-state index is 0.325. The normalized spacial score (nSPS) is 10.5. The van der Waals surface area contributed by atoms with Gasteiger partial charge in [0, 0.05) is 18.3 Å². The van der Waals surface area contributed by atoms with E-state index >= 15 is 0 Å². The van der Waals surface area contributed by atoms with E-state index in [9.17, 15) is 0 Å². The van der Waals surface area contributed by atoms with Crippen molar-refractivity contribution in [3.05, 3.63) is 11.3 Å². The topological polar surface area (TPSA) is 63.8 Å². The van der Waals surface area contributed by atoms with Gasteiger partial charge in [-0.1, -0.05) is 13.8 Å². The molecule has 72 valence electrons. The van der Waals surface area contributed by atoms with Crippen LogP contribution in [-0.2, 0) is 0 Å². The average Bonchev–Trinajstić information content (AvgIpc) is 2.01. The summed E-state index contributed by atoms with van der Waals surface area (Å²) in [6.45, 7) is 6.18. The van der Waals surface area contributed by atoms with E-state index in [0.717, 1.165) is 17.1 Å². The molecule has 1 rings (SSSR count). The summed E-state index contributed by atoms with van der Waals surface area (Å²) >= 11 is 0. The summed E-state index contributed by atoms with van der Waals surface area (Å²) in [5, 5.41) is 3.03.